The van der Waals surface area contributed by atoms with Gasteiger partial charge in [0.2, 0.25) is 0 Å². The van der Waals surface area contributed by atoms with E-state index in [0.29, 0.717) is 35.0 Å². The van der Waals surface area contributed by atoms with Crippen molar-refractivity contribution < 1.29 is 28.6 Å². The maximum atomic E-state index is 13.8. The first-order valence-corrected chi connectivity index (χ1v) is 16.1. The third-order valence-electron chi connectivity index (χ3n) is 8.98. The first kappa shape index (κ1) is 29.5. The normalized spacial score (nSPS) is 22.7. The molecule has 2 fully saturated rings. The standard InChI is InChI=1S/C35H37NO6S/c1-3-40-22-13-15-25(16-14-22)43-29-19-28(32(36)31-30(29)33(37)26-7-5-6-8-27(26)34(31)38)35(39)42-24-12-10-20-17-23(41-4-2)11-9-21(20)18-24/h5-8,13-16,19-21,23-24H,3-4,9-12,17-18,36H2,1-2H3. The highest BCUT2D eigenvalue weighted by atomic mass is 32.2. The zero-order valence-electron chi connectivity index (χ0n) is 24.6. The number of ether oxygens (including phenoxy) is 3. The molecule has 2 N–H and O–H groups in total. The van der Waals surface area contributed by atoms with Crippen LogP contribution in [0.15, 0.2) is 64.4 Å². The fraction of sp³-hybridized carbons (Fsp3) is 0.400. The van der Waals surface area contributed by atoms with E-state index in [0.717, 1.165) is 55.8 Å². The van der Waals surface area contributed by atoms with Gasteiger partial charge in [-0.3, -0.25) is 9.59 Å². The van der Waals surface area contributed by atoms with Crippen LogP contribution in [0.3, 0.4) is 0 Å². The second kappa shape index (κ2) is 12.5. The summed E-state index contributed by atoms with van der Waals surface area (Å²) < 4.78 is 17.5. The molecule has 3 aromatic carbocycles. The topological polar surface area (TPSA) is 105 Å². The van der Waals surface area contributed by atoms with Crippen molar-refractivity contribution in [1.82, 2.24) is 0 Å². The van der Waals surface area contributed by atoms with Crippen LogP contribution in [0.25, 0.3) is 0 Å². The van der Waals surface area contributed by atoms with Gasteiger partial charge < -0.3 is 19.9 Å². The van der Waals surface area contributed by atoms with E-state index in [1.54, 1.807) is 30.3 Å². The van der Waals surface area contributed by atoms with Gasteiger partial charge in [0.05, 0.1) is 29.5 Å². The fourth-order valence-corrected chi connectivity index (χ4v) is 7.94. The average molecular weight is 600 g/mol. The molecule has 43 heavy (non-hydrogen) atoms. The van der Waals surface area contributed by atoms with Gasteiger partial charge in [0.15, 0.2) is 11.6 Å². The van der Waals surface area contributed by atoms with Gasteiger partial charge in [0.25, 0.3) is 0 Å². The highest BCUT2D eigenvalue weighted by molar-refractivity contribution is 7.99. The first-order valence-electron chi connectivity index (χ1n) is 15.3. The van der Waals surface area contributed by atoms with Crippen LogP contribution in [-0.4, -0.2) is 43.0 Å². The van der Waals surface area contributed by atoms with Crippen molar-refractivity contribution in [2.24, 2.45) is 11.8 Å². The zero-order valence-corrected chi connectivity index (χ0v) is 25.4. The summed E-state index contributed by atoms with van der Waals surface area (Å²) in [4.78, 5) is 42.6. The predicted molar refractivity (Wildman–Crippen MR) is 165 cm³/mol. The monoisotopic (exact) mass is 599 g/mol. The summed E-state index contributed by atoms with van der Waals surface area (Å²) in [5, 5.41) is 0. The molecule has 0 bridgehead atoms. The second-order valence-corrected chi connectivity index (χ2v) is 12.7. The maximum absolute atomic E-state index is 13.8. The molecule has 0 radical (unpaired) electrons. The number of anilines is 1. The molecule has 224 valence electrons. The molecule has 0 aromatic heterocycles. The lowest BCUT2D eigenvalue weighted by Gasteiger charge is -2.41. The van der Waals surface area contributed by atoms with E-state index in [4.69, 9.17) is 19.9 Å². The van der Waals surface area contributed by atoms with Crippen LogP contribution in [-0.2, 0) is 9.47 Å². The summed E-state index contributed by atoms with van der Waals surface area (Å²) >= 11 is 1.31. The molecule has 0 amide bonds. The van der Waals surface area contributed by atoms with Crippen LogP contribution in [0.1, 0.15) is 94.6 Å². The van der Waals surface area contributed by atoms with E-state index >= 15 is 0 Å². The summed E-state index contributed by atoms with van der Waals surface area (Å²) in [7, 11) is 0. The molecule has 4 unspecified atom stereocenters. The second-order valence-electron chi connectivity index (χ2n) is 11.5. The minimum atomic E-state index is -0.556. The minimum Gasteiger partial charge on any atom is -0.494 e. The van der Waals surface area contributed by atoms with Gasteiger partial charge in [-0.1, -0.05) is 36.0 Å². The molecule has 0 heterocycles. The molecular weight excluding hydrogens is 562 g/mol. The maximum Gasteiger partial charge on any atom is 0.340 e. The molecule has 3 aliphatic carbocycles. The summed E-state index contributed by atoms with van der Waals surface area (Å²) in [5.74, 6) is 0.625. The Morgan fingerprint density at radius 2 is 1.47 bits per heavy atom. The van der Waals surface area contributed by atoms with E-state index in [-0.39, 0.29) is 45.6 Å². The molecule has 4 atom stereocenters. The third-order valence-corrected chi connectivity index (χ3v) is 10.0. The Labute approximate surface area is 256 Å². The molecule has 3 aliphatic rings. The lowest BCUT2D eigenvalue weighted by molar-refractivity contribution is -0.0371. The molecule has 3 aromatic rings. The number of nitrogens with two attached hydrogens (primary N) is 1. The van der Waals surface area contributed by atoms with Gasteiger partial charge in [-0.15, -0.1) is 0 Å². The fourth-order valence-electron chi connectivity index (χ4n) is 6.94. The Morgan fingerprint density at radius 1 is 0.837 bits per heavy atom. The number of carbonyl (C=O) groups is 3. The molecule has 8 heteroatoms. The van der Waals surface area contributed by atoms with E-state index in [9.17, 15) is 14.4 Å². The Kier molecular flexibility index (Phi) is 8.59. The number of carbonyl (C=O) groups excluding carboxylic acids is 3. The van der Waals surface area contributed by atoms with E-state index in [1.807, 2.05) is 38.1 Å². The van der Waals surface area contributed by atoms with Gasteiger partial charge >= 0.3 is 5.97 Å². The van der Waals surface area contributed by atoms with Crippen LogP contribution in [0.5, 0.6) is 5.75 Å². The smallest absolute Gasteiger partial charge is 0.340 e. The number of nitrogen functional groups attached to an aromatic ring is 1. The minimum absolute atomic E-state index is 0.00481. The van der Waals surface area contributed by atoms with Gasteiger partial charge in [0.1, 0.15) is 11.9 Å². The Morgan fingerprint density at radius 3 is 2.12 bits per heavy atom. The van der Waals surface area contributed by atoms with Crippen molar-refractivity contribution >= 4 is 35.0 Å². The quantitative estimate of drug-likeness (QED) is 0.169. The molecule has 0 spiro atoms. The van der Waals surface area contributed by atoms with Crippen molar-refractivity contribution in [1.29, 1.82) is 0 Å². The third kappa shape index (κ3) is 5.83. The summed E-state index contributed by atoms with van der Waals surface area (Å²) in [6.45, 7) is 5.25. The first-order chi connectivity index (χ1) is 20.9. The predicted octanol–water partition coefficient (Wildman–Crippen LogP) is 7.12. The van der Waals surface area contributed by atoms with Crippen molar-refractivity contribution in [3.63, 3.8) is 0 Å². The highest BCUT2D eigenvalue weighted by Crippen LogP contribution is 2.44. The summed E-state index contributed by atoms with van der Waals surface area (Å²) in [6.07, 6.45) is 5.90. The number of esters is 1. The molecule has 0 saturated heterocycles. The highest BCUT2D eigenvalue weighted by Gasteiger charge is 2.39. The lowest BCUT2D eigenvalue weighted by atomic mass is 9.69. The van der Waals surface area contributed by atoms with Crippen LogP contribution in [0.2, 0.25) is 0 Å². The van der Waals surface area contributed by atoms with Crippen LogP contribution >= 0.6 is 11.8 Å². The molecule has 0 aliphatic heterocycles. The van der Waals surface area contributed by atoms with Gasteiger partial charge in [-0.2, -0.15) is 0 Å². The van der Waals surface area contributed by atoms with Crippen molar-refractivity contribution in [2.75, 3.05) is 18.9 Å². The average Bonchev–Trinajstić information content (AvgIpc) is 3.01. The van der Waals surface area contributed by atoms with Crippen molar-refractivity contribution in [3.05, 3.63) is 82.4 Å². The summed E-state index contributed by atoms with van der Waals surface area (Å²) in [5.41, 5.74) is 7.61. The Balaban J connectivity index is 1.31. The van der Waals surface area contributed by atoms with Gasteiger partial charge in [0, 0.05) is 33.1 Å². The molecule has 2 saturated carbocycles. The van der Waals surface area contributed by atoms with E-state index in [1.165, 1.54) is 11.8 Å². The van der Waals surface area contributed by atoms with Crippen LogP contribution in [0, 0.1) is 11.8 Å². The van der Waals surface area contributed by atoms with Crippen LogP contribution in [0.4, 0.5) is 5.69 Å². The molecular formula is C35H37NO6S. The molecule has 7 nitrogen and oxygen atoms in total. The van der Waals surface area contributed by atoms with Crippen molar-refractivity contribution in [3.8, 4) is 5.75 Å². The van der Waals surface area contributed by atoms with E-state index < -0.39 is 5.97 Å². The van der Waals surface area contributed by atoms with E-state index in [2.05, 4.69) is 0 Å². The number of hydrogen-bond acceptors (Lipinski definition) is 8. The lowest BCUT2D eigenvalue weighted by Crippen LogP contribution is -2.37. The van der Waals surface area contributed by atoms with Crippen molar-refractivity contribution in [2.45, 2.75) is 74.4 Å². The number of ketones is 2. The van der Waals surface area contributed by atoms with Gasteiger partial charge in [-0.05, 0) is 94.5 Å². The Hall–Kier alpha value is -3.62. The Bertz CT molecular complexity index is 1550. The summed E-state index contributed by atoms with van der Waals surface area (Å²) in [6, 6.07) is 15.8. The van der Waals surface area contributed by atoms with Crippen LogP contribution < -0.4 is 10.5 Å². The zero-order chi connectivity index (χ0) is 30.1. The molecule has 6 rings (SSSR count). The number of benzene rings is 3. The number of rotatable bonds is 8. The number of fused-ring (bicyclic) bond motifs is 3. The largest absolute Gasteiger partial charge is 0.494 e. The number of hydrogen-bond donors (Lipinski definition) is 1. The van der Waals surface area contributed by atoms with Gasteiger partial charge in [-0.25, -0.2) is 4.79 Å². The SMILES string of the molecule is CCOc1ccc(Sc2cc(C(=O)OC3CCC4CC(OCC)CCC4C3)c(N)c3c2C(=O)c2ccccc2C3=O)cc1.